The number of nitrogens with two attached hydrogens (primary N) is 1. The van der Waals surface area contributed by atoms with Crippen molar-refractivity contribution in [3.05, 3.63) is 17.9 Å². The maximum absolute atomic E-state index is 13.4. The van der Waals surface area contributed by atoms with Crippen LogP contribution in [-0.2, 0) is 0 Å². The van der Waals surface area contributed by atoms with E-state index in [1.807, 2.05) is 13.8 Å². The number of hydrogen-bond acceptors (Lipinski definition) is 4. The molecule has 0 fully saturated rings. The van der Waals surface area contributed by atoms with Crippen LogP contribution in [0.2, 0.25) is 0 Å². The number of aliphatic hydroxyl groups excluding tert-OH is 1. The number of hydrogen-bond donors (Lipinski definition) is 2. The van der Waals surface area contributed by atoms with Gasteiger partial charge >= 0.3 is 0 Å². The topological polar surface area (TPSA) is 77.0 Å². The number of rotatable bonds is 3. The van der Waals surface area contributed by atoms with E-state index in [0.717, 1.165) is 0 Å². The number of aliphatic hydroxyl groups is 1. The molecule has 6 heteroatoms. The molecule has 17 heavy (non-hydrogen) atoms. The highest BCUT2D eigenvalue weighted by molar-refractivity contribution is 5.78. The lowest BCUT2D eigenvalue weighted by Gasteiger charge is -2.18. The van der Waals surface area contributed by atoms with Gasteiger partial charge in [-0.3, -0.25) is 0 Å². The molecule has 0 aliphatic heterocycles. The number of halogens is 1. The van der Waals surface area contributed by atoms with Gasteiger partial charge in [0.1, 0.15) is 11.3 Å². The Kier molecular flexibility index (Phi) is 2.97. The number of nitrogens with zero attached hydrogens (tertiary/aromatic N) is 3. The van der Waals surface area contributed by atoms with Gasteiger partial charge in [-0.2, -0.15) is 0 Å². The zero-order valence-corrected chi connectivity index (χ0v) is 9.76. The molecule has 2 aromatic rings. The highest BCUT2D eigenvalue weighted by Crippen LogP contribution is 2.24. The standard InChI is InChI=1S/C11H15FN4O/c1-6(2)11(5-17)16-10-3-7(12)8(13)4-9(10)14-15-16/h3-4,6,11,17H,5,13H2,1-2H3. The summed E-state index contributed by atoms with van der Waals surface area (Å²) in [6.07, 6.45) is 0. The molecular formula is C11H15FN4O. The summed E-state index contributed by atoms with van der Waals surface area (Å²) in [5.74, 6) is -0.327. The molecule has 3 N–H and O–H groups in total. The number of nitrogen functional groups attached to an aromatic ring is 1. The minimum atomic E-state index is -0.499. The van der Waals surface area contributed by atoms with Gasteiger partial charge in [0.05, 0.1) is 23.9 Å². The third kappa shape index (κ3) is 1.95. The van der Waals surface area contributed by atoms with Crippen molar-refractivity contribution in [1.82, 2.24) is 15.0 Å². The third-order valence-electron chi connectivity index (χ3n) is 2.86. The highest BCUT2D eigenvalue weighted by atomic mass is 19.1. The second-order valence-corrected chi connectivity index (χ2v) is 4.39. The van der Waals surface area contributed by atoms with Crippen molar-refractivity contribution in [3.8, 4) is 0 Å². The van der Waals surface area contributed by atoms with Crippen LogP contribution in [-0.4, -0.2) is 26.7 Å². The van der Waals surface area contributed by atoms with Crippen LogP contribution in [0.3, 0.4) is 0 Å². The number of benzene rings is 1. The van der Waals surface area contributed by atoms with E-state index in [2.05, 4.69) is 10.3 Å². The first-order chi connectivity index (χ1) is 8.04. The largest absolute Gasteiger partial charge is 0.396 e. The molecule has 1 heterocycles. The van der Waals surface area contributed by atoms with Crippen LogP contribution < -0.4 is 5.73 Å². The summed E-state index contributed by atoms with van der Waals surface area (Å²) < 4.78 is 15.0. The first kappa shape index (κ1) is 11.8. The maximum Gasteiger partial charge on any atom is 0.148 e. The van der Waals surface area contributed by atoms with Gasteiger partial charge in [0, 0.05) is 6.07 Å². The van der Waals surface area contributed by atoms with E-state index in [9.17, 15) is 9.50 Å². The molecule has 0 amide bonds. The molecule has 1 atom stereocenters. The molecule has 0 spiro atoms. The first-order valence-electron chi connectivity index (χ1n) is 5.45. The number of aromatic nitrogens is 3. The van der Waals surface area contributed by atoms with E-state index in [1.54, 1.807) is 4.68 Å². The van der Waals surface area contributed by atoms with E-state index < -0.39 is 5.82 Å². The molecule has 5 nitrogen and oxygen atoms in total. The molecule has 1 aromatic heterocycles. The zero-order chi connectivity index (χ0) is 12.6. The molecule has 1 unspecified atom stereocenters. The van der Waals surface area contributed by atoms with E-state index >= 15 is 0 Å². The predicted molar refractivity (Wildman–Crippen MR) is 62.9 cm³/mol. The molecule has 0 saturated heterocycles. The molecule has 2 rings (SSSR count). The normalized spacial score (nSPS) is 13.5. The Bertz CT molecular complexity index is 537. The summed E-state index contributed by atoms with van der Waals surface area (Å²) in [6.45, 7) is 3.85. The van der Waals surface area contributed by atoms with Crippen LogP contribution in [0.15, 0.2) is 12.1 Å². The average molecular weight is 238 g/mol. The van der Waals surface area contributed by atoms with Crippen LogP contribution in [0.1, 0.15) is 19.9 Å². The second-order valence-electron chi connectivity index (χ2n) is 4.39. The lowest BCUT2D eigenvalue weighted by atomic mass is 10.1. The number of fused-ring (bicyclic) bond motifs is 1. The Balaban J connectivity index is 2.59. The van der Waals surface area contributed by atoms with Crippen LogP contribution in [0.5, 0.6) is 0 Å². The highest BCUT2D eigenvalue weighted by Gasteiger charge is 2.19. The lowest BCUT2D eigenvalue weighted by Crippen LogP contribution is -2.20. The van der Waals surface area contributed by atoms with E-state index in [4.69, 9.17) is 5.73 Å². The third-order valence-corrected chi connectivity index (χ3v) is 2.86. The first-order valence-corrected chi connectivity index (χ1v) is 5.45. The summed E-state index contributed by atoms with van der Waals surface area (Å²) in [6, 6.07) is 2.53. The summed E-state index contributed by atoms with van der Waals surface area (Å²) >= 11 is 0. The van der Waals surface area contributed by atoms with Gasteiger partial charge in [-0.25, -0.2) is 9.07 Å². The smallest absolute Gasteiger partial charge is 0.148 e. The molecular weight excluding hydrogens is 223 g/mol. The Morgan fingerprint density at radius 3 is 2.76 bits per heavy atom. The fraction of sp³-hybridized carbons (Fsp3) is 0.455. The van der Waals surface area contributed by atoms with Crippen molar-refractivity contribution in [2.24, 2.45) is 5.92 Å². The van der Waals surface area contributed by atoms with Crippen molar-refractivity contribution < 1.29 is 9.50 Å². The molecule has 92 valence electrons. The fourth-order valence-corrected chi connectivity index (χ4v) is 1.79. The van der Waals surface area contributed by atoms with Gasteiger partial charge in [0.25, 0.3) is 0 Å². The molecule has 0 bridgehead atoms. The SMILES string of the molecule is CC(C)C(CO)n1nnc2cc(N)c(F)cc21. The molecule has 1 aromatic carbocycles. The van der Waals surface area contributed by atoms with Crippen LogP contribution in [0.4, 0.5) is 10.1 Å². The summed E-state index contributed by atoms with van der Waals surface area (Å²) in [4.78, 5) is 0. The zero-order valence-electron chi connectivity index (χ0n) is 9.76. The lowest BCUT2D eigenvalue weighted by molar-refractivity contribution is 0.184. The van der Waals surface area contributed by atoms with Gasteiger partial charge in [0.2, 0.25) is 0 Å². The average Bonchev–Trinajstić information content (AvgIpc) is 2.63. The van der Waals surface area contributed by atoms with Crippen molar-refractivity contribution >= 4 is 16.7 Å². The predicted octanol–water partition coefficient (Wildman–Crippen LogP) is 1.34. The van der Waals surface area contributed by atoms with Crippen molar-refractivity contribution in [3.63, 3.8) is 0 Å². The van der Waals surface area contributed by atoms with E-state index in [1.165, 1.54) is 12.1 Å². The van der Waals surface area contributed by atoms with Gasteiger partial charge in [0.15, 0.2) is 0 Å². The van der Waals surface area contributed by atoms with Crippen LogP contribution in [0, 0.1) is 11.7 Å². The fourth-order valence-electron chi connectivity index (χ4n) is 1.79. The van der Waals surface area contributed by atoms with E-state index in [0.29, 0.717) is 11.0 Å². The Morgan fingerprint density at radius 2 is 2.18 bits per heavy atom. The Labute approximate surface area is 98.0 Å². The molecule has 0 aliphatic carbocycles. The summed E-state index contributed by atoms with van der Waals surface area (Å²) in [7, 11) is 0. The van der Waals surface area contributed by atoms with Gasteiger partial charge in [-0.15, -0.1) is 5.10 Å². The summed E-state index contributed by atoms with van der Waals surface area (Å²) in [5.41, 5.74) is 6.59. The van der Waals surface area contributed by atoms with Crippen molar-refractivity contribution in [2.45, 2.75) is 19.9 Å². The summed E-state index contributed by atoms with van der Waals surface area (Å²) in [5, 5.41) is 17.2. The van der Waals surface area contributed by atoms with Crippen molar-refractivity contribution in [2.75, 3.05) is 12.3 Å². The van der Waals surface area contributed by atoms with E-state index in [-0.39, 0.29) is 24.3 Å². The maximum atomic E-state index is 13.4. The molecule has 0 radical (unpaired) electrons. The van der Waals surface area contributed by atoms with Crippen LogP contribution in [0.25, 0.3) is 11.0 Å². The molecule has 0 saturated carbocycles. The van der Waals surface area contributed by atoms with Crippen molar-refractivity contribution in [1.29, 1.82) is 0 Å². The number of anilines is 1. The minimum Gasteiger partial charge on any atom is -0.396 e. The Morgan fingerprint density at radius 1 is 1.47 bits per heavy atom. The van der Waals surface area contributed by atoms with Gasteiger partial charge in [-0.05, 0) is 12.0 Å². The monoisotopic (exact) mass is 238 g/mol. The second kappa shape index (κ2) is 4.29. The van der Waals surface area contributed by atoms with Gasteiger partial charge in [-0.1, -0.05) is 19.1 Å². The Hall–Kier alpha value is -1.69. The van der Waals surface area contributed by atoms with Crippen LogP contribution >= 0.6 is 0 Å². The quantitative estimate of drug-likeness (QED) is 0.791. The minimum absolute atomic E-state index is 0.0506. The molecule has 0 aliphatic rings. The van der Waals surface area contributed by atoms with Gasteiger partial charge < -0.3 is 10.8 Å².